The quantitative estimate of drug-likeness (QED) is 0.560. The monoisotopic (exact) mass is 265 g/mol. The molecule has 0 amide bonds. The summed E-state index contributed by atoms with van der Waals surface area (Å²) in [6.45, 7) is 0. The Balaban J connectivity index is 3.31. The van der Waals surface area contributed by atoms with Crippen molar-refractivity contribution in [3.05, 3.63) is 21.1 Å². The molecule has 4 heteroatoms. The number of halogens is 2. The Labute approximate surface area is 75.3 Å². The molecule has 1 rings (SSSR count). The fourth-order valence-corrected chi connectivity index (χ4v) is 1.73. The molecule has 0 bridgehead atoms. The summed E-state index contributed by atoms with van der Waals surface area (Å²) >= 11 is 6.36. The predicted molar refractivity (Wildman–Crippen MR) is 47.9 cm³/mol. The van der Waals surface area contributed by atoms with Crippen molar-refractivity contribution in [2.75, 3.05) is 5.73 Å². The minimum Gasteiger partial charge on any atom is -0.508 e. The van der Waals surface area contributed by atoms with Gasteiger partial charge >= 0.3 is 0 Å². The zero-order valence-corrected chi connectivity index (χ0v) is 8.11. The number of phenolic OH excluding ortho intramolecular Hbond substituents is 1. The minimum atomic E-state index is 0.188. The highest BCUT2D eigenvalue weighted by atomic mass is 79.9. The first-order valence-electron chi connectivity index (χ1n) is 2.54. The van der Waals surface area contributed by atoms with E-state index in [0.29, 0.717) is 14.6 Å². The van der Waals surface area contributed by atoms with Crippen LogP contribution in [0, 0.1) is 0 Å². The number of benzene rings is 1. The van der Waals surface area contributed by atoms with E-state index < -0.39 is 0 Å². The fourth-order valence-electron chi connectivity index (χ4n) is 0.571. The molecule has 0 spiro atoms. The second-order valence-electron chi connectivity index (χ2n) is 1.82. The number of hydrogen-bond acceptors (Lipinski definition) is 2. The first kappa shape index (κ1) is 7.88. The fraction of sp³-hybridized carbons (Fsp3) is 0. The van der Waals surface area contributed by atoms with E-state index in [1.54, 1.807) is 12.1 Å². The highest BCUT2D eigenvalue weighted by Gasteiger charge is 2.01. The van der Waals surface area contributed by atoms with Gasteiger partial charge < -0.3 is 10.8 Å². The van der Waals surface area contributed by atoms with Crippen molar-refractivity contribution in [2.45, 2.75) is 0 Å². The molecule has 0 unspecified atom stereocenters. The van der Waals surface area contributed by atoms with E-state index in [4.69, 9.17) is 10.8 Å². The first-order valence-corrected chi connectivity index (χ1v) is 4.13. The zero-order chi connectivity index (χ0) is 7.72. The van der Waals surface area contributed by atoms with Gasteiger partial charge in [0.2, 0.25) is 0 Å². The Morgan fingerprint density at radius 3 is 2.00 bits per heavy atom. The lowest BCUT2D eigenvalue weighted by molar-refractivity contribution is 0.474. The van der Waals surface area contributed by atoms with Crippen molar-refractivity contribution < 1.29 is 5.11 Å². The standard InChI is InChI=1S/C6H5Br2NO/c7-4-1-3(10)2-5(8)6(4)9/h1-2,10H,9H2. The SMILES string of the molecule is Nc1c(Br)cc(O)cc1Br. The molecule has 2 nitrogen and oxygen atoms in total. The van der Waals surface area contributed by atoms with Crippen molar-refractivity contribution in [1.82, 2.24) is 0 Å². The lowest BCUT2D eigenvalue weighted by Crippen LogP contribution is -1.87. The molecule has 0 aliphatic heterocycles. The Kier molecular flexibility index (Phi) is 2.21. The molecule has 10 heavy (non-hydrogen) atoms. The molecular formula is C6H5Br2NO. The smallest absolute Gasteiger partial charge is 0.117 e. The summed E-state index contributed by atoms with van der Waals surface area (Å²) in [4.78, 5) is 0. The molecule has 0 fully saturated rings. The van der Waals surface area contributed by atoms with Gasteiger partial charge in [-0.2, -0.15) is 0 Å². The van der Waals surface area contributed by atoms with Gasteiger partial charge in [-0.1, -0.05) is 0 Å². The Morgan fingerprint density at radius 2 is 1.60 bits per heavy atom. The number of nitrogens with two attached hydrogens (primary N) is 1. The molecule has 0 aliphatic carbocycles. The molecular weight excluding hydrogens is 262 g/mol. The van der Waals surface area contributed by atoms with Crippen molar-refractivity contribution in [2.24, 2.45) is 0 Å². The van der Waals surface area contributed by atoms with Gasteiger partial charge in [-0.25, -0.2) is 0 Å². The minimum absolute atomic E-state index is 0.188. The van der Waals surface area contributed by atoms with Crippen LogP contribution in [0.15, 0.2) is 21.1 Å². The number of rotatable bonds is 0. The van der Waals surface area contributed by atoms with Crippen molar-refractivity contribution in [3.63, 3.8) is 0 Å². The van der Waals surface area contributed by atoms with Crippen LogP contribution in [0.5, 0.6) is 5.75 Å². The van der Waals surface area contributed by atoms with Gasteiger partial charge in [-0.05, 0) is 44.0 Å². The third-order valence-corrected chi connectivity index (χ3v) is 2.38. The van der Waals surface area contributed by atoms with Crippen LogP contribution in [0.25, 0.3) is 0 Å². The van der Waals surface area contributed by atoms with Crippen molar-refractivity contribution >= 4 is 37.5 Å². The summed E-state index contributed by atoms with van der Waals surface area (Å²) in [5.74, 6) is 0.188. The Bertz CT molecular complexity index is 239. The molecule has 0 saturated heterocycles. The summed E-state index contributed by atoms with van der Waals surface area (Å²) in [6, 6.07) is 3.08. The summed E-state index contributed by atoms with van der Waals surface area (Å²) in [7, 11) is 0. The molecule has 0 heterocycles. The number of aromatic hydroxyl groups is 1. The summed E-state index contributed by atoms with van der Waals surface area (Å²) in [6.07, 6.45) is 0. The largest absolute Gasteiger partial charge is 0.508 e. The average molecular weight is 267 g/mol. The molecule has 0 atom stereocenters. The van der Waals surface area contributed by atoms with Crippen LogP contribution >= 0.6 is 31.9 Å². The van der Waals surface area contributed by atoms with Crippen LogP contribution in [-0.2, 0) is 0 Å². The molecule has 0 saturated carbocycles. The van der Waals surface area contributed by atoms with Gasteiger partial charge in [-0.15, -0.1) is 0 Å². The Morgan fingerprint density at radius 1 is 1.20 bits per heavy atom. The second-order valence-corrected chi connectivity index (χ2v) is 3.53. The maximum atomic E-state index is 9.00. The summed E-state index contributed by atoms with van der Waals surface area (Å²) < 4.78 is 1.39. The third-order valence-electron chi connectivity index (χ3n) is 1.06. The van der Waals surface area contributed by atoms with Crippen LogP contribution < -0.4 is 5.73 Å². The lowest BCUT2D eigenvalue weighted by atomic mass is 10.3. The zero-order valence-electron chi connectivity index (χ0n) is 4.94. The summed E-state index contributed by atoms with van der Waals surface area (Å²) in [5.41, 5.74) is 6.14. The number of nitrogen functional groups attached to an aromatic ring is 1. The number of phenols is 1. The topological polar surface area (TPSA) is 46.2 Å². The van der Waals surface area contributed by atoms with E-state index in [2.05, 4.69) is 31.9 Å². The van der Waals surface area contributed by atoms with Gasteiger partial charge in [0.25, 0.3) is 0 Å². The molecule has 3 N–H and O–H groups in total. The predicted octanol–water partition coefficient (Wildman–Crippen LogP) is 2.50. The average Bonchev–Trinajstić information content (AvgIpc) is 1.82. The third kappa shape index (κ3) is 1.44. The normalized spacial score (nSPS) is 9.80. The molecule has 54 valence electrons. The molecule has 0 aliphatic rings. The molecule has 0 radical (unpaired) electrons. The van der Waals surface area contributed by atoms with Gasteiger partial charge in [0.15, 0.2) is 0 Å². The van der Waals surface area contributed by atoms with E-state index in [1.807, 2.05) is 0 Å². The Hall–Kier alpha value is -0.220. The van der Waals surface area contributed by atoms with Gasteiger partial charge in [0.1, 0.15) is 5.75 Å². The van der Waals surface area contributed by atoms with Crippen LogP contribution in [0.1, 0.15) is 0 Å². The van der Waals surface area contributed by atoms with Crippen LogP contribution in [0.2, 0.25) is 0 Å². The highest BCUT2D eigenvalue weighted by molar-refractivity contribution is 9.11. The summed E-state index contributed by atoms with van der Waals surface area (Å²) in [5, 5.41) is 9.00. The molecule has 0 aromatic heterocycles. The van der Waals surface area contributed by atoms with Crippen molar-refractivity contribution in [3.8, 4) is 5.75 Å². The van der Waals surface area contributed by atoms with E-state index in [-0.39, 0.29) is 5.75 Å². The van der Waals surface area contributed by atoms with Crippen LogP contribution in [0.4, 0.5) is 5.69 Å². The van der Waals surface area contributed by atoms with Crippen LogP contribution in [0.3, 0.4) is 0 Å². The molecule has 1 aromatic carbocycles. The van der Waals surface area contributed by atoms with Crippen LogP contribution in [-0.4, -0.2) is 5.11 Å². The lowest BCUT2D eigenvalue weighted by Gasteiger charge is -2.00. The second kappa shape index (κ2) is 2.80. The number of anilines is 1. The van der Waals surface area contributed by atoms with Gasteiger partial charge in [0.05, 0.1) is 5.69 Å². The van der Waals surface area contributed by atoms with E-state index >= 15 is 0 Å². The van der Waals surface area contributed by atoms with Gasteiger partial charge in [0, 0.05) is 8.95 Å². The first-order chi connectivity index (χ1) is 4.61. The van der Waals surface area contributed by atoms with Gasteiger partial charge in [-0.3, -0.25) is 0 Å². The number of hydrogen-bond donors (Lipinski definition) is 2. The van der Waals surface area contributed by atoms with E-state index in [0.717, 1.165) is 0 Å². The maximum absolute atomic E-state index is 9.00. The van der Waals surface area contributed by atoms with Crippen molar-refractivity contribution in [1.29, 1.82) is 0 Å². The van der Waals surface area contributed by atoms with E-state index in [9.17, 15) is 0 Å². The molecule has 1 aromatic rings. The van der Waals surface area contributed by atoms with E-state index in [1.165, 1.54) is 0 Å². The highest BCUT2D eigenvalue weighted by Crippen LogP contribution is 2.31. The maximum Gasteiger partial charge on any atom is 0.117 e.